The quantitative estimate of drug-likeness (QED) is 0.746. The Labute approximate surface area is 163 Å². The van der Waals surface area contributed by atoms with Crippen LogP contribution in [0.5, 0.6) is 5.75 Å². The third-order valence-corrected chi connectivity index (χ3v) is 4.28. The maximum Gasteiger partial charge on any atom is 0.573 e. The summed E-state index contributed by atoms with van der Waals surface area (Å²) in [6.45, 7) is 0.926. The number of nitrogens with one attached hydrogen (secondary N) is 2. The number of imide groups is 1. The second-order valence-corrected chi connectivity index (χ2v) is 6.44. The van der Waals surface area contributed by atoms with Crippen LogP contribution in [0.2, 0.25) is 0 Å². The molecule has 1 aliphatic rings. The van der Waals surface area contributed by atoms with Crippen molar-refractivity contribution < 1.29 is 32.3 Å². The zero-order valence-corrected chi connectivity index (χ0v) is 15.1. The van der Waals surface area contributed by atoms with Gasteiger partial charge in [0.1, 0.15) is 17.8 Å². The number of benzene rings is 2. The Hall–Kier alpha value is -3.56. The molecule has 4 amide bonds. The predicted molar refractivity (Wildman–Crippen MR) is 95.8 cm³/mol. The summed E-state index contributed by atoms with van der Waals surface area (Å²) in [6, 6.07) is 12.5. The molecule has 0 aromatic heterocycles. The number of hydrogen-bond donors (Lipinski definition) is 2. The van der Waals surface area contributed by atoms with E-state index >= 15 is 0 Å². The standard InChI is InChI=1S/C19H16F3N3O4/c1-18(12-6-3-2-4-7-12)16(27)25(17(28)24-18)11-15(26)23-13-8-5-9-14(10-13)29-19(20,21)22/h2-10H,11H2,1H3,(H,23,26)(H,24,28)/t18-/m0/s1. The number of amides is 4. The number of alkyl halides is 3. The average Bonchev–Trinajstić information content (AvgIpc) is 2.85. The van der Waals surface area contributed by atoms with Gasteiger partial charge in [-0.3, -0.25) is 14.5 Å². The van der Waals surface area contributed by atoms with Crippen molar-refractivity contribution in [1.82, 2.24) is 10.2 Å². The van der Waals surface area contributed by atoms with Crippen molar-refractivity contribution >= 4 is 23.5 Å². The van der Waals surface area contributed by atoms with Gasteiger partial charge in [-0.05, 0) is 24.6 Å². The summed E-state index contributed by atoms with van der Waals surface area (Å²) in [5, 5.41) is 4.91. The molecule has 1 atom stereocenters. The van der Waals surface area contributed by atoms with Gasteiger partial charge in [0.15, 0.2) is 0 Å². The van der Waals surface area contributed by atoms with Crippen LogP contribution in [0.3, 0.4) is 0 Å². The predicted octanol–water partition coefficient (Wildman–Crippen LogP) is 2.99. The summed E-state index contributed by atoms with van der Waals surface area (Å²) >= 11 is 0. The molecular weight excluding hydrogens is 391 g/mol. The van der Waals surface area contributed by atoms with Crippen molar-refractivity contribution in [3.8, 4) is 5.75 Å². The first-order valence-corrected chi connectivity index (χ1v) is 8.44. The molecule has 29 heavy (non-hydrogen) atoms. The average molecular weight is 407 g/mol. The van der Waals surface area contributed by atoms with Gasteiger partial charge in [-0.25, -0.2) is 4.79 Å². The molecule has 2 aromatic carbocycles. The maximum absolute atomic E-state index is 12.8. The Morgan fingerprint density at radius 1 is 1.14 bits per heavy atom. The maximum atomic E-state index is 12.8. The molecule has 152 valence electrons. The van der Waals surface area contributed by atoms with Crippen LogP contribution in [0.25, 0.3) is 0 Å². The van der Waals surface area contributed by atoms with Crippen molar-refractivity contribution in [2.75, 3.05) is 11.9 Å². The topological polar surface area (TPSA) is 87.7 Å². The lowest BCUT2D eigenvalue weighted by atomic mass is 9.92. The first kappa shape index (κ1) is 20.2. The van der Waals surface area contributed by atoms with Crippen molar-refractivity contribution in [3.05, 3.63) is 60.2 Å². The Morgan fingerprint density at radius 2 is 1.83 bits per heavy atom. The molecule has 0 saturated carbocycles. The van der Waals surface area contributed by atoms with E-state index in [2.05, 4.69) is 15.4 Å². The SMILES string of the molecule is C[C@@]1(c2ccccc2)NC(=O)N(CC(=O)Nc2cccc(OC(F)(F)F)c2)C1=O. The number of carbonyl (C=O) groups excluding carboxylic acids is 3. The zero-order valence-electron chi connectivity index (χ0n) is 15.1. The van der Waals surface area contributed by atoms with Crippen LogP contribution in [0.15, 0.2) is 54.6 Å². The van der Waals surface area contributed by atoms with Crippen molar-refractivity contribution in [2.24, 2.45) is 0 Å². The molecule has 7 nitrogen and oxygen atoms in total. The first-order chi connectivity index (χ1) is 13.6. The molecule has 0 radical (unpaired) electrons. The Kier molecular flexibility index (Phi) is 5.19. The molecule has 0 aliphatic carbocycles. The van der Waals surface area contributed by atoms with E-state index in [9.17, 15) is 27.6 Å². The third kappa shape index (κ3) is 4.48. The molecule has 2 N–H and O–H groups in total. The highest BCUT2D eigenvalue weighted by molar-refractivity contribution is 6.10. The first-order valence-electron chi connectivity index (χ1n) is 8.44. The normalized spacial score (nSPS) is 19.1. The van der Waals surface area contributed by atoms with E-state index in [4.69, 9.17) is 0 Å². The van der Waals surface area contributed by atoms with Crippen LogP contribution in [0.1, 0.15) is 12.5 Å². The van der Waals surface area contributed by atoms with Gasteiger partial charge in [-0.2, -0.15) is 0 Å². The van der Waals surface area contributed by atoms with Crippen LogP contribution >= 0.6 is 0 Å². The molecule has 3 rings (SSSR count). The molecule has 2 aromatic rings. The minimum absolute atomic E-state index is 0.0228. The monoisotopic (exact) mass is 407 g/mol. The molecule has 1 heterocycles. The van der Waals surface area contributed by atoms with Crippen LogP contribution in [0, 0.1) is 0 Å². The fourth-order valence-electron chi connectivity index (χ4n) is 2.92. The van der Waals surface area contributed by atoms with Gasteiger partial charge >= 0.3 is 12.4 Å². The fourth-order valence-corrected chi connectivity index (χ4v) is 2.92. The van der Waals surface area contributed by atoms with E-state index < -0.39 is 42.0 Å². The van der Waals surface area contributed by atoms with Crippen molar-refractivity contribution in [3.63, 3.8) is 0 Å². The van der Waals surface area contributed by atoms with E-state index in [1.165, 1.54) is 19.1 Å². The summed E-state index contributed by atoms with van der Waals surface area (Å²) in [4.78, 5) is 38.0. The summed E-state index contributed by atoms with van der Waals surface area (Å²) in [7, 11) is 0. The lowest BCUT2D eigenvalue weighted by molar-refractivity contribution is -0.274. The van der Waals surface area contributed by atoms with E-state index in [0.29, 0.717) is 5.56 Å². The van der Waals surface area contributed by atoms with Gasteiger partial charge in [0.25, 0.3) is 5.91 Å². The van der Waals surface area contributed by atoms with Gasteiger partial charge in [0.05, 0.1) is 0 Å². The third-order valence-electron chi connectivity index (χ3n) is 4.28. The Morgan fingerprint density at radius 3 is 2.48 bits per heavy atom. The summed E-state index contributed by atoms with van der Waals surface area (Å²) in [5.74, 6) is -1.88. The van der Waals surface area contributed by atoms with E-state index in [-0.39, 0.29) is 5.69 Å². The molecule has 10 heteroatoms. The number of nitrogens with zero attached hydrogens (tertiary/aromatic N) is 1. The zero-order chi connectivity index (χ0) is 21.2. The van der Waals surface area contributed by atoms with Crippen LogP contribution in [-0.2, 0) is 15.1 Å². The van der Waals surface area contributed by atoms with Crippen molar-refractivity contribution in [1.29, 1.82) is 0 Å². The second-order valence-electron chi connectivity index (χ2n) is 6.44. The highest BCUT2D eigenvalue weighted by atomic mass is 19.4. The Balaban J connectivity index is 1.69. The fraction of sp³-hybridized carbons (Fsp3) is 0.211. The number of hydrogen-bond acceptors (Lipinski definition) is 4. The summed E-state index contributed by atoms with van der Waals surface area (Å²) < 4.78 is 40.7. The van der Waals surface area contributed by atoms with Gasteiger partial charge in [0, 0.05) is 11.8 Å². The highest BCUT2D eigenvalue weighted by Gasteiger charge is 2.49. The molecular formula is C19H16F3N3O4. The van der Waals surface area contributed by atoms with Crippen LogP contribution in [0.4, 0.5) is 23.7 Å². The number of carbonyl (C=O) groups is 3. The van der Waals surface area contributed by atoms with Gasteiger partial charge in [-0.15, -0.1) is 13.2 Å². The molecule has 0 unspecified atom stereocenters. The number of rotatable bonds is 5. The van der Waals surface area contributed by atoms with Gasteiger partial charge in [-0.1, -0.05) is 36.4 Å². The highest BCUT2D eigenvalue weighted by Crippen LogP contribution is 2.29. The largest absolute Gasteiger partial charge is 0.573 e. The minimum Gasteiger partial charge on any atom is -0.406 e. The second kappa shape index (κ2) is 7.46. The van der Waals surface area contributed by atoms with Gasteiger partial charge in [0.2, 0.25) is 5.91 Å². The van der Waals surface area contributed by atoms with E-state index in [0.717, 1.165) is 17.0 Å². The lowest BCUT2D eigenvalue weighted by Gasteiger charge is -2.22. The number of urea groups is 1. The van der Waals surface area contributed by atoms with Gasteiger partial charge < -0.3 is 15.4 Å². The number of anilines is 1. The molecule has 1 saturated heterocycles. The lowest BCUT2D eigenvalue weighted by Crippen LogP contribution is -2.42. The van der Waals surface area contributed by atoms with E-state index in [1.807, 2.05) is 0 Å². The van der Waals surface area contributed by atoms with E-state index in [1.54, 1.807) is 30.3 Å². The van der Waals surface area contributed by atoms with Crippen LogP contribution < -0.4 is 15.4 Å². The minimum atomic E-state index is -4.87. The Bertz CT molecular complexity index is 949. The smallest absolute Gasteiger partial charge is 0.406 e. The molecule has 0 spiro atoms. The summed E-state index contributed by atoms with van der Waals surface area (Å²) in [5.41, 5.74) is -0.744. The van der Waals surface area contributed by atoms with Crippen LogP contribution in [-0.4, -0.2) is 35.7 Å². The molecule has 1 aliphatic heterocycles. The summed E-state index contributed by atoms with van der Waals surface area (Å²) in [6.07, 6.45) is -4.87. The molecule has 0 bridgehead atoms. The van der Waals surface area contributed by atoms with Crippen molar-refractivity contribution in [2.45, 2.75) is 18.8 Å². The number of ether oxygens (including phenoxy) is 1. The molecule has 1 fully saturated rings. The number of halogens is 3.